The molecule has 0 bridgehead atoms. The number of nitrogens with one attached hydrogen (secondary N) is 5. The molecule has 18 nitrogen and oxygen atoms in total. The van der Waals surface area contributed by atoms with Gasteiger partial charge in [0.1, 0.15) is 18.5 Å². The summed E-state index contributed by atoms with van der Waals surface area (Å²) in [6.07, 6.45) is 0.568. The summed E-state index contributed by atoms with van der Waals surface area (Å²) in [4.78, 5) is 57.9. The number of aliphatic carboxylic acids is 1. The quantitative estimate of drug-likeness (QED) is 0.0734. The first-order valence-corrected chi connectivity index (χ1v) is 14.1. The third-order valence-corrected chi connectivity index (χ3v) is 6.40. The minimum atomic E-state index is -3.86. The lowest BCUT2D eigenvalue weighted by atomic mass is 10.1. The third-order valence-electron chi connectivity index (χ3n) is 5.04. The van der Waals surface area contributed by atoms with E-state index in [-0.39, 0.29) is 76.0 Å². The van der Waals surface area contributed by atoms with Gasteiger partial charge in [0.2, 0.25) is 33.7 Å². The number of sulfonamides is 1. The van der Waals surface area contributed by atoms with Crippen LogP contribution in [0.1, 0.15) is 44.3 Å². The first-order valence-electron chi connectivity index (χ1n) is 12.4. The zero-order valence-corrected chi connectivity index (χ0v) is 23.0. The number of aryl methyl sites for hydroxylation is 1. The molecule has 0 spiro atoms. The Labute approximate surface area is 230 Å². The molecular weight excluding hydrogens is 556 g/mol. The maximum Gasteiger partial charge on any atom is 0.326 e. The van der Waals surface area contributed by atoms with Crippen molar-refractivity contribution in [3.05, 3.63) is 5.82 Å². The van der Waals surface area contributed by atoms with Gasteiger partial charge in [0.05, 0.1) is 25.6 Å². The summed E-state index contributed by atoms with van der Waals surface area (Å²) in [5.74, 6) is -3.20. The second-order valence-electron chi connectivity index (χ2n) is 8.33. The molecule has 226 valence electrons. The second-order valence-corrected chi connectivity index (χ2v) is 10.2. The van der Waals surface area contributed by atoms with E-state index in [1.807, 2.05) is 4.72 Å². The molecule has 0 radical (unpaired) electrons. The Morgan fingerprint density at radius 3 is 2.35 bits per heavy atom. The topological polar surface area (TPSA) is 261 Å². The number of carbonyl (C=O) groups is 5. The van der Waals surface area contributed by atoms with Gasteiger partial charge in [-0.2, -0.15) is 0 Å². The molecule has 0 fully saturated rings. The zero-order chi connectivity index (χ0) is 29.8. The summed E-state index contributed by atoms with van der Waals surface area (Å²) in [6, 6.07) is -1.22. The highest BCUT2D eigenvalue weighted by molar-refractivity contribution is 7.90. The van der Waals surface area contributed by atoms with Gasteiger partial charge in [-0.25, -0.2) is 18.3 Å². The zero-order valence-electron chi connectivity index (χ0n) is 22.1. The van der Waals surface area contributed by atoms with Gasteiger partial charge in [0, 0.05) is 39.3 Å². The molecule has 1 aromatic heterocycles. The Morgan fingerprint density at radius 1 is 0.950 bits per heavy atom. The molecule has 1 atom stereocenters. The van der Waals surface area contributed by atoms with Gasteiger partial charge < -0.3 is 30.5 Å². The van der Waals surface area contributed by atoms with E-state index >= 15 is 0 Å². The number of nitrogens with zero attached hydrogens (tertiary/aromatic N) is 3. The van der Waals surface area contributed by atoms with Crippen molar-refractivity contribution in [3.63, 3.8) is 0 Å². The monoisotopic (exact) mass is 592 g/mol. The van der Waals surface area contributed by atoms with Crippen molar-refractivity contribution < 1.29 is 47.0 Å². The van der Waals surface area contributed by atoms with Crippen LogP contribution < -0.4 is 20.7 Å². The lowest BCUT2D eigenvalue weighted by Gasteiger charge is -2.14. The van der Waals surface area contributed by atoms with E-state index in [2.05, 4.69) is 36.6 Å². The smallest absolute Gasteiger partial charge is 0.326 e. The number of carboxylic acids is 1. The molecule has 1 unspecified atom stereocenters. The maximum absolute atomic E-state index is 12.0. The van der Waals surface area contributed by atoms with Crippen LogP contribution >= 0.6 is 0 Å². The van der Waals surface area contributed by atoms with E-state index in [0.29, 0.717) is 18.7 Å². The highest BCUT2D eigenvalue weighted by Crippen LogP contribution is 2.00. The van der Waals surface area contributed by atoms with E-state index in [1.165, 1.54) is 7.05 Å². The lowest BCUT2D eigenvalue weighted by Crippen LogP contribution is -2.43. The molecule has 0 saturated carbocycles. The Morgan fingerprint density at radius 2 is 1.68 bits per heavy atom. The van der Waals surface area contributed by atoms with Crippen LogP contribution in [0, 0.1) is 0 Å². The Hall–Kier alpha value is -3.71. The fourth-order valence-electron chi connectivity index (χ4n) is 3.03. The number of aromatic nitrogens is 4. The molecule has 1 heterocycles. The first kappa shape index (κ1) is 34.3. The van der Waals surface area contributed by atoms with Crippen molar-refractivity contribution in [1.82, 2.24) is 41.3 Å². The van der Waals surface area contributed by atoms with Gasteiger partial charge in [-0.1, -0.05) is 0 Å². The molecule has 19 heteroatoms. The molecule has 6 N–H and O–H groups in total. The lowest BCUT2D eigenvalue weighted by molar-refractivity contribution is -0.143. The van der Waals surface area contributed by atoms with E-state index < -0.39 is 40.5 Å². The summed E-state index contributed by atoms with van der Waals surface area (Å²) in [6.45, 7) is 0.0523. The Balaban J connectivity index is 2.05. The number of aromatic amines is 1. The number of carboxylic acid groups (broad SMARTS) is 1. The van der Waals surface area contributed by atoms with Crippen LogP contribution in [0.25, 0.3) is 0 Å². The molecular formula is C21H36N8O10S. The van der Waals surface area contributed by atoms with Crippen LogP contribution in [0.4, 0.5) is 0 Å². The van der Waals surface area contributed by atoms with Crippen LogP contribution in [0.5, 0.6) is 0 Å². The maximum atomic E-state index is 12.0. The normalized spacial score (nSPS) is 11.8. The van der Waals surface area contributed by atoms with Crippen LogP contribution in [-0.4, -0.2) is 116 Å². The number of hydrogen-bond donors (Lipinski definition) is 6. The van der Waals surface area contributed by atoms with Crippen molar-refractivity contribution in [2.75, 3.05) is 45.8 Å². The SMILES string of the molecule is CNC(=O)CCC(NC(=O)COCCOCCNC(=O)CCCS(=O)(=O)NC(=O)CCCc1nnn[nH]1)C(=O)O. The summed E-state index contributed by atoms with van der Waals surface area (Å²) >= 11 is 0. The van der Waals surface area contributed by atoms with Gasteiger partial charge in [-0.3, -0.25) is 23.9 Å². The number of hydrogen-bond acceptors (Lipinski definition) is 12. The summed E-state index contributed by atoms with van der Waals surface area (Å²) in [7, 11) is -2.44. The number of amides is 4. The molecule has 0 aliphatic carbocycles. The van der Waals surface area contributed by atoms with Crippen LogP contribution in [0.3, 0.4) is 0 Å². The Kier molecular flexibility index (Phi) is 16.6. The standard InChI is InChI=1S/C21H36N8O10S/c1-22-17(30)8-7-15(21(34)35)24-20(33)14-39-12-11-38-10-9-23-18(31)6-3-13-40(36,37)27-19(32)5-2-4-16-25-28-29-26-16/h15H,2-14H2,1H3,(H,22,30)(H,23,31)(H,24,33)(H,27,32)(H,34,35)(H,25,26,28,29). The molecule has 0 saturated heterocycles. The van der Waals surface area contributed by atoms with Crippen molar-refractivity contribution in [3.8, 4) is 0 Å². The highest BCUT2D eigenvalue weighted by Gasteiger charge is 2.21. The third kappa shape index (κ3) is 17.0. The minimum Gasteiger partial charge on any atom is -0.480 e. The molecule has 0 aromatic carbocycles. The van der Waals surface area contributed by atoms with Crippen LogP contribution in [0.2, 0.25) is 0 Å². The van der Waals surface area contributed by atoms with E-state index in [4.69, 9.17) is 14.6 Å². The van der Waals surface area contributed by atoms with Gasteiger partial charge >= 0.3 is 5.97 Å². The van der Waals surface area contributed by atoms with Crippen molar-refractivity contribution in [2.24, 2.45) is 0 Å². The van der Waals surface area contributed by atoms with Gasteiger partial charge in [0.25, 0.3) is 0 Å². The molecule has 1 aromatic rings. The number of H-pyrrole nitrogens is 1. The average Bonchev–Trinajstić information content (AvgIpc) is 3.40. The van der Waals surface area contributed by atoms with Crippen LogP contribution in [-0.2, 0) is 49.9 Å². The first-order chi connectivity index (χ1) is 19.0. The van der Waals surface area contributed by atoms with E-state index in [0.717, 1.165) is 0 Å². The number of tetrazole rings is 1. The van der Waals surface area contributed by atoms with Crippen molar-refractivity contribution in [2.45, 2.75) is 51.0 Å². The fourth-order valence-corrected chi connectivity index (χ4v) is 4.10. The largest absolute Gasteiger partial charge is 0.480 e. The van der Waals surface area contributed by atoms with E-state index in [9.17, 15) is 32.4 Å². The van der Waals surface area contributed by atoms with Gasteiger partial charge in [-0.15, -0.1) is 5.10 Å². The van der Waals surface area contributed by atoms with Crippen molar-refractivity contribution in [1.29, 1.82) is 0 Å². The second kappa shape index (κ2) is 19.4. The number of ether oxygens (including phenoxy) is 2. The summed E-state index contributed by atoms with van der Waals surface area (Å²) in [5, 5.41) is 29.3. The highest BCUT2D eigenvalue weighted by atomic mass is 32.2. The molecule has 1 rings (SSSR count). The number of carbonyl (C=O) groups excluding carboxylic acids is 4. The minimum absolute atomic E-state index is 0.0173. The molecule has 0 aliphatic heterocycles. The number of rotatable bonds is 22. The predicted octanol–water partition coefficient (Wildman–Crippen LogP) is -3.01. The van der Waals surface area contributed by atoms with E-state index in [1.54, 1.807) is 0 Å². The summed E-state index contributed by atoms with van der Waals surface area (Å²) in [5.41, 5.74) is 0. The van der Waals surface area contributed by atoms with Crippen LogP contribution in [0.15, 0.2) is 0 Å². The fraction of sp³-hybridized carbons (Fsp3) is 0.714. The molecule has 4 amide bonds. The van der Waals surface area contributed by atoms with Gasteiger partial charge in [0.15, 0.2) is 0 Å². The Bertz CT molecular complexity index is 1050. The summed E-state index contributed by atoms with van der Waals surface area (Å²) < 4.78 is 36.3. The predicted molar refractivity (Wildman–Crippen MR) is 136 cm³/mol. The molecule has 40 heavy (non-hydrogen) atoms. The molecule has 0 aliphatic rings. The van der Waals surface area contributed by atoms with Crippen molar-refractivity contribution >= 4 is 39.6 Å². The van der Waals surface area contributed by atoms with Gasteiger partial charge in [-0.05, 0) is 29.7 Å². The average molecular weight is 593 g/mol.